The number of ether oxygens (including phenoxy) is 2. The first-order valence-corrected chi connectivity index (χ1v) is 10.6. The van der Waals surface area contributed by atoms with Gasteiger partial charge in [0.1, 0.15) is 11.5 Å². The fraction of sp³-hybridized carbons (Fsp3) is 0.269. The molecule has 31 heavy (non-hydrogen) atoms. The second-order valence-corrected chi connectivity index (χ2v) is 7.27. The average molecular weight is 419 g/mol. The number of carbonyl (C=O) groups is 1. The van der Waals surface area contributed by atoms with E-state index in [9.17, 15) is 4.79 Å². The molecule has 0 radical (unpaired) electrons. The second kappa shape index (κ2) is 11.1. The molecule has 0 aliphatic carbocycles. The summed E-state index contributed by atoms with van der Waals surface area (Å²) in [7, 11) is 3.27. The van der Waals surface area contributed by atoms with Gasteiger partial charge in [0.25, 0.3) is 0 Å². The first kappa shape index (κ1) is 22.2. The summed E-state index contributed by atoms with van der Waals surface area (Å²) < 4.78 is 10.6. The number of urea groups is 1. The Morgan fingerprint density at radius 2 is 1.29 bits per heavy atom. The van der Waals surface area contributed by atoms with Gasteiger partial charge < -0.3 is 14.4 Å². The number of benzene rings is 3. The lowest BCUT2D eigenvalue weighted by molar-refractivity contribution is 0.203. The van der Waals surface area contributed by atoms with Crippen molar-refractivity contribution in [2.24, 2.45) is 0 Å². The second-order valence-electron chi connectivity index (χ2n) is 7.27. The standard InChI is InChI=1S/C26H30N2O3/c1-4-5-19-27(20-21-9-7-6-8-10-21)26(29)28(22-11-15-24(30-2)16-12-22)23-13-17-25(31-3)18-14-23/h6-18H,4-5,19-20H2,1-3H3. The van der Waals surface area contributed by atoms with Gasteiger partial charge in [-0.15, -0.1) is 0 Å². The van der Waals surface area contributed by atoms with Crippen LogP contribution in [0.1, 0.15) is 25.3 Å². The molecule has 0 saturated carbocycles. The SMILES string of the molecule is CCCCN(Cc1ccccc1)C(=O)N(c1ccc(OC)cc1)c1ccc(OC)cc1. The molecule has 0 unspecified atom stereocenters. The Balaban J connectivity index is 1.98. The third-order valence-corrected chi connectivity index (χ3v) is 5.12. The molecule has 0 spiro atoms. The number of hydrogen-bond acceptors (Lipinski definition) is 3. The zero-order valence-electron chi connectivity index (χ0n) is 18.5. The highest BCUT2D eigenvalue weighted by molar-refractivity contribution is 5.99. The number of amides is 2. The molecule has 0 aliphatic heterocycles. The number of methoxy groups -OCH3 is 2. The Kier molecular flexibility index (Phi) is 7.93. The van der Waals surface area contributed by atoms with E-state index in [4.69, 9.17) is 9.47 Å². The summed E-state index contributed by atoms with van der Waals surface area (Å²) in [6.45, 7) is 3.38. The predicted octanol–water partition coefficient (Wildman–Crippen LogP) is 6.26. The van der Waals surface area contributed by atoms with Crippen molar-refractivity contribution >= 4 is 17.4 Å². The molecule has 2 amide bonds. The molecule has 3 rings (SSSR count). The van der Waals surface area contributed by atoms with Gasteiger partial charge in [0.15, 0.2) is 0 Å². The van der Waals surface area contributed by atoms with Gasteiger partial charge in [0.05, 0.1) is 25.6 Å². The topological polar surface area (TPSA) is 42.0 Å². The minimum Gasteiger partial charge on any atom is -0.497 e. The van der Waals surface area contributed by atoms with E-state index in [2.05, 4.69) is 19.1 Å². The molecule has 0 aliphatic rings. The van der Waals surface area contributed by atoms with Crippen molar-refractivity contribution in [2.45, 2.75) is 26.3 Å². The number of hydrogen-bond donors (Lipinski definition) is 0. The molecule has 0 atom stereocenters. The summed E-state index contributed by atoms with van der Waals surface area (Å²) in [6.07, 6.45) is 1.96. The van der Waals surface area contributed by atoms with Crippen molar-refractivity contribution in [2.75, 3.05) is 25.7 Å². The first-order chi connectivity index (χ1) is 15.2. The Bertz CT molecular complexity index is 893. The molecular formula is C26H30N2O3. The smallest absolute Gasteiger partial charge is 0.329 e. The van der Waals surface area contributed by atoms with E-state index in [0.29, 0.717) is 13.1 Å². The van der Waals surface area contributed by atoms with E-state index in [1.165, 1.54) is 0 Å². The van der Waals surface area contributed by atoms with Gasteiger partial charge in [-0.25, -0.2) is 4.79 Å². The van der Waals surface area contributed by atoms with Gasteiger partial charge in [0.2, 0.25) is 0 Å². The van der Waals surface area contributed by atoms with E-state index in [0.717, 1.165) is 41.3 Å². The molecule has 5 nitrogen and oxygen atoms in total. The van der Waals surface area contributed by atoms with Crippen molar-refractivity contribution in [3.8, 4) is 11.5 Å². The lowest BCUT2D eigenvalue weighted by atomic mass is 10.2. The Labute approximate surface area is 184 Å². The normalized spacial score (nSPS) is 10.4. The molecule has 0 bridgehead atoms. The van der Waals surface area contributed by atoms with E-state index < -0.39 is 0 Å². The number of rotatable bonds is 9. The quantitative estimate of drug-likeness (QED) is 0.412. The molecule has 162 valence electrons. The highest BCUT2D eigenvalue weighted by Gasteiger charge is 2.24. The molecule has 5 heteroatoms. The van der Waals surface area contributed by atoms with Gasteiger partial charge in [0, 0.05) is 13.1 Å². The zero-order chi connectivity index (χ0) is 22.1. The van der Waals surface area contributed by atoms with E-state index in [1.807, 2.05) is 71.6 Å². The summed E-state index contributed by atoms with van der Waals surface area (Å²) in [5.74, 6) is 1.50. The summed E-state index contributed by atoms with van der Waals surface area (Å²) >= 11 is 0. The van der Waals surface area contributed by atoms with Crippen LogP contribution in [-0.2, 0) is 6.54 Å². The molecule has 0 N–H and O–H groups in total. The van der Waals surface area contributed by atoms with Crippen LogP contribution in [-0.4, -0.2) is 31.7 Å². The predicted molar refractivity (Wildman–Crippen MR) is 125 cm³/mol. The van der Waals surface area contributed by atoms with Crippen LogP contribution in [0.15, 0.2) is 78.9 Å². The van der Waals surface area contributed by atoms with Crippen LogP contribution in [0.5, 0.6) is 11.5 Å². The van der Waals surface area contributed by atoms with Crippen LogP contribution in [0.25, 0.3) is 0 Å². The summed E-state index contributed by atoms with van der Waals surface area (Å²) in [6, 6.07) is 25.1. The van der Waals surface area contributed by atoms with Crippen LogP contribution in [0.2, 0.25) is 0 Å². The molecule has 0 fully saturated rings. The number of nitrogens with zero attached hydrogens (tertiary/aromatic N) is 2. The van der Waals surface area contributed by atoms with E-state index in [-0.39, 0.29) is 6.03 Å². The maximum atomic E-state index is 13.9. The zero-order valence-corrected chi connectivity index (χ0v) is 18.5. The van der Waals surface area contributed by atoms with Crippen molar-refractivity contribution < 1.29 is 14.3 Å². The van der Waals surface area contributed by atoms with E-state index in [1.54, 1.807) is 19.1 Å². The van der Waals surface area contributed by atoms with Gasteiger partial charge in [-0.3, -0.25) is 4.90 Å². The fourth-order valence-electron chi connectivity index (χ4n) is 3.37. The summed E-state index contributed by atoms with van der Waals surface area (Å²) in [5, 5.41) is 0. The maximum Gasteiger partial charge on any atom is 0.329 e. The third kappa shape index (κ3) is 5.79. The number of unbranched alkanes of at least 4 members (excludes halogenated alkanes) is 1. The lowest BCUT2D eigenvalue weighted by Gasteiger charge is -2.31. The maximum absolute atomic E-state index is 13.9. The molecule has 0 aromatic heterocycles. The van der Waals surface area contributed by atoms with Crippen LogP contribution in [0.4, 0.5) is 16.2 Å². The van der Waals surface area contributed by atoms with Gasteiger partial charge in [-0.05, 0) is 60.5 Å². The molecule has 3 aromatic carbocycles. The van der Waals surface area contributed by atoms with Gasteiger partial charge in [-0.2, -0.15) is 0 Å². The molecule has 0 saturated heterocycles. The highest BCUT2D eigenvalue weighted by atomic mass is 16.5. The monoisotopic (exact) mass is 418 g/mol. The third-order valence-electron chi connectivity index (χ3n) is 5.12. The first-order valence-electron chi connectivity index (χ1n) is 10.6. The Hall–Kier alpha value is -3.47. The van der Waals surface area contributed by atoms with Crippen molar-refractivity contribution in [3.63, 3.8) is 0 Å². The lowest BCUT2D eigenvalue weighted by Crippen LogP contribution is -2.41. The van der Waals surface area contributed by atoms with Crippen molar-refractivity contribution in [1.29, 1.82) is 0 Å². The molecule has 0 heterocycles. The average Bonchev–Trinajstić information content (AvgIpc) is 2.83. The minimum atomic E-state index is -0.0624. The van der Waals surface area contributed by atoms with Gasteiger partial charge >= 0.3 is 6.03 Å². The van der Waals surface area contributed by atoms with Crippen molar-refractivity contribution in [3.05, 3.63) is 84.4 Å². The number of carbonyl (C=O) groups excluding carboxylic acids is 1. The Morgan fingerprint density at radius 3 is 1.74 bits per heavy atom. The Morgan fingerprint density at radius 1 is 0.774 bits per heavy atom. The van der Waals surface area contributed by atoms with Gasteiger partial charge in [-0.1, -0.05) is 43.7 Å². The van der Waals surface area contributed by atoms with Crippen LogP contribution in [0.3, 0.4) is 0 Å². The largest absolute Gasteiger partial charge is 0.497 e. The summed E-state index contributed by atoms with van der Waals surface area (Å²) in [5.41, 5.74) is 2.67. The minimum absolute atomic E-state index is 0.0624. The van der Waals surface area contributed by atoms with Crippen LogP contribution >= 0.6 is 0 Å². The summed E-state index contributed by atoms with van der Waals surface area (Å²) in [4.78, 5) is 17.5. The number of anilines is 2. The highest BCUT2D eigenvalue weighted by Crippen LogP contribution is 2.30. The van der Waals surface area contributed by atoms with E-state index >= 15 is 0 Å². The van der Waals surface area contributed by atoms with Crippen molar-refractivity contribution in [1.82, 2.24) is 4.90 Å². The molecular weight excluding hydrogens is 388 g/mol. The fourth-order valence-corrected chi connectivity index (χ4v) is 3.37. The van der Waals surface area contributed by atoms with Crippen LogP contribution < -0.4 is 14.4 Å². The van der Waals surface area contributed by atoms with Crippen LogP contribution in [0, 0.1) is 0 Å². The molecule has 3 aromatic rings.